The van der Waals surface area contributed by atoms with E-state index in [4.69, 9.17) is 23.2 Å². The number of rotatable bonds is 2. The Hall–Kier alpha value is -2.24. The maximum absolute atomic E-state index is 11.0. The Morgan fingerprint density at radius 3 is 2.38 bits per heavy atom. The first kappa shape index (κ1) is 13.7. The lowest BCUT2D eigenvalue weighted by Gasteiger charge is -2.05. The summed E-state index contributed by atoms with van der Waals surface area (Å²) in [7, 11) is 0. The minimum Gasteiger partial charge on any atom is -0.258 e. The van der Waals surface area contributed by atoms with Gasteiger partial charge in [0.2, 0.25) is 0 Å². The summed E-state index contributed by atoms with van der Waals surface area (Å²) in [4.78, 5) is 19.0. The molecule has 0 aliphatic heterocycles. The smallest absolute Gasteiger partial charge is 0.258 e. The van der Waals surface area contributed by atoms with Gasteiger partial charge in [0, 0.05) is 16.7 Å². The minimum atomic E-state index is -0.500. The molecule has 0 saturated carbocycles. The van der Waals surface area contributed by atoms with Crippen LogP contribution in [0.1, 0.15) is 0 Å². The number of halogens is 2. The molecule has 0 atom stereocenters. The molecule has 0 aliphatic carbocycles. The van der Waals surface area contributed by atoms with E-state index in [9.17, 15) is 10.1 Å². The lowest BCUT2D eigenvalue weighted by Crippen LogP contribution is -1.96. The molecule has 2 aromatic carbocycles. The van der Waals surface area contributed by atoms with E-state index in [2.05, 4.69) is 9.97 Å². The van der Waals surface area contributed by atoms with E-state index in [-0.39, 0.29) is 16.2 Å². The van der Waals surface area contributed by atoms with Crippen molar-refractivity contribution in [1.82, 2.24) is 9.97 Å². The highest BCUT2D eigenvalue weighted by molar-refractivity contribution is 6.35. The third kappa shape index (κ3) is 2.53. The predicted octanol–water partition coefficient (Wildman–Crippen LogP) is 4.51. The summed E-state index contributed by atoms with van der Waals surface area (Å²) < 4.78 is 0. The molecule has 5 nitrogen and oxygen atoms in total. The Kier molecular flexibility index (Phi) is 3.45. The first-order valence-electron chi connectivity index (χ1n) is 5.93. The van der Waals surface area contributed by atoms with Crippen LogP contribution in [-0.2, 0) is 0 Å². The fraction of sp³-hybridized carbons (Fsp3) is 0. The van der Waals surface area contributed by atoms with Gasteiger partial charge in [-0.25, -0.2) is 9.97 Å². The van der Waals surface area contributed by atoms with Crippen molar-refractivity contribution in [2.45, 2.75) is 0 Å². The number of nitro benzene ring substituents is 1. The lowest BCUT2D eigenvalue weighted by atomic mass is 10.2. The maximum atomic E-state index is 11.0. The van der Waals surface area contributed by atoms with E-state index < -0.39 is 4.92 Å². The lowest BCUT2D eigenvalue weighted by molar-refractivity contribution is -0.383. The Labute approximate surface area is 129 Å². The van der Waals surface area contributed by atoms with Crippen LogP contribution in [0.4, 0.5) is 5.69 Å². The van der Waals surface area contributed by atoms with Crippen molar-refractivity contribution in [3.63, 3.8) is 0 Å². The van der Waals surface area contributed by atoms with Crippen LogP contribution in [-0.4, -0.2) is 14.9 Å². The quantitative estimate of drug-likeness (QED) is 0.396. The van der Waals surface area contributed by atoms with Gasteiger partial charge < -0.3 is 0 Å². The molecule has 0 spiro atoms. The van der Waals surface area contributed by atoms with Crippen molar-refractivity contribution in [3.8, 4) is 11.4 Å². The molecule has 7 heteroatoms. The minimum absolute atomic E-state index is 0.0530. The molecule has 104 valence electrons. The van der Waals surface area contributed by atoms with Crippen molar-refractivity contribution < 1.29 is 4.92 Å². The zero-order valence-electron chi connectivity index (χ0n) is 10.5. The van der Waals surface area contributed by atoms with E-state index in [1.54, 1.807) is 36.4 Å². The second-order valence-corrected chi connectivity index (χ2v) is 5.07. The Morgan fingerprint density at radius 2 is 1.71 bits per heavy atom. The molecule has 0 unspecified atom stereocenters. The van der Waals surface area contributed by atoms with E-state index in [0.717, 1.165) is 5.56 Å². The number of non-ortho nitro benzene ring substituents is 1. The van der Waals surface area contributed by atoms with Crippen molar-refractivity contribution in [2.75, 3.05) is 0 Å². The van der Waals surface area contributed by atoms with Crippen LogP contribution >= 0.6 is 23.2 Å². The maximum Gasteiger partial charge on any atom is 0.281 e. The molecule has 0 aliphatic rings. The number of nitro groups is 1. The summed E-state index contributed by atoms with van der Waals surface area (Å²) >= 11 is 12.0. The number of nitrogens with zero attached hydrogens (tertiary/aromatic N) is 3. The topological polar surface area (TPSA) is 68.9 Å². The monoisotopic (exact) mass is 319 g/mol. The molecule has 1 aromatic heterocycles. The number of benzene rings is 2. The van der Waals surface area contributed by atoms with E-state index >= 15 is 0 Å². The average Bonchev–Trinajstić information content (AvgIpc) is 2.47. The summed E-state index contributed by atoms with van der Waals surface area (Å²) in [5.41, 5.74) is 1.05. The van der Waals surface area contributed by atoms with Gasteiger partial charge in [-0.2, -0.15) is 0 Å². The number of fused-ring (bicyclic) bond motifs is 1. The number of hydrogen-bond acceptors (Lipinski definition) is 4. The Morgan fingerprint density at radius 1 is 1.00 bits per heavy atom. The zero-order valence-corrected chi connectivity index (χ0v) is 12.0. The highest BCUT2D eigenvalue weighted by atomic mass is 35.5. The summed E-state index contributed by atoms with van der Waals surface area (Å²) in [6.45, 7) is 0. The fourth-order valence-corrected chi connectivity index (χ4v) is 2.40. The molecule has 0 saturated heterocycles. The Bertz CT molecular complexity index is 851. The van der Waals surface area contributed by atoms with E-state index in [1.807, 2.05) is 0 Å². The summed E-state index contributed by atoms with van der Waals surface area (Å²) in [5.74, 6) is 0.393. The molecule has 0 fully saturated rings. The highest BCUT2D eigenvalue weighted by Gasteiger charge is 2.17. The SMILES string of the molecule is O=[N+]([O-])c1cccc2nc(-c3ccc(Cl)cc3)nc(Cl)c12. The standard InChI is InChI=1S/C14H7Cl2N3O2/c15-9-6-4-8(5-7-9)14-17-10-2-1-3-11(19(20)21)12(10)13(16)18-14/h1-7H. The molecule has 21 heavy (non-hydrogen) atoms. The van der Waals surface area contributed by atoms with Gasteiger partial charge in [0.05, 0.1) is 10.4 Å². The molecule has 1 heterocycles. The van der Waals surface area contributed by atoms with Crippen LogP contribution in [0, 0.1) is 10.1 Å². The van der Waals surface area contributed by atoms with Crippen LogP contribution in [0.3, 0.4) is 0 Å². The predicted molar refractivity (Wildman–Crippen MR) is 81.6 cm³/mol. The zero-order chi connectivity index (χ0) is 15.0. The van der Waals surface area contributed by atoms with Gasteiger partial charge in [-0.3, -0.25) is 10.1 Å². The third-order valence-electron chi connectivity index (χ3n) is 2.96. The van der Waals surface area contributed by atoms with Gasteiger partial charge in [0.25, 0.3) is 5.69 Å². The van der Waals surface area contributed by atoms with Gasteiger partial charge >= 0.3 is 0 Å². The summed E-state index contributed by atoms with van der Waals surface area (Å²) in [6, 6.07) is 11.6. The van der Waals surface area contributed by atoms with Crippen LogP contribution in [0.5, 0.6) is 0 Å². The molecule has 0 radical (unpaired) electrons. The van der Waals surface area contributed by atoms with Crippen LogP contribution in [0.25, 0.3) is 22.3 Å². The highest BCUT2D eigenvalue weighted by Crippen LogP contribution is 2.31. The first-order chi connectivity index (χ1) is 10.1. The largest absolute Gasteiger partial charge is 0.281 e. The van der Waals surface area contributed by atoms with Gasteiger partial charge in [0.1, 0.15) is 10.5 Å². The third-order valence-corrected chi connectivity index (χ3v) is 3.48. The molecular weight excluding hydrogens is 313 g/mol. The number of hydrogen-bond donors (Lipinski definition) is 0. The van der Waals surface area contributed by atoms with Gasteiger partial charge in [-0.05, 0) is 30.3 Å². The van der Waals surface area contributed by atoms with Crippen molar-refractivity contribution >= 4 is 39.8 Å². The normalized spacial score (nSPS) is 10.8. The average molecular weight is 320 g/mol. The summed E-state index contributed by atoms with van der Waals surface area (Å²) in [6.07, 6.45) is 0. The Balaban J connectivity index is 2.25. The van der Waals surface area contributed by atoms with Crippen molar-refractivity contribution in [3.05, 3.63) is 62.8 Å². The van der Waals surface area contributed by atoms with Crippen LogP contribution in [0.2, 0.25) is 10.2 Å². The summed E-state index contributed by atoms with van der Waals surface area (Å²) in [5, 5.41) is 11.9. The molecule has 0 N–H and O–H groups in total. The van der Waals surface area contributed by atoms with Crippen LogP contribution < -0.4 is 0 Å². The van der Waals surface area contributed by atoms with Crippen molar-refractivity contribution in [1.29, 1.82) is 0 Å². The van der Waals surface area contributed by atoms with E-state index in [1.165, 1.54) is 6.07 Å². The molecular formula is C14H7Cl2N3O2. The van der Waals surface area contributed by atoms with E-state index in [0.29, 0.717) is 16.4 Å². The van der Waals surface area contributed by atoms with Crippen molar-refractivity contribution in [2.24, 2.45) is 0 Å². The molecule has 3 rings (SSSR count). The second-order valence-electron chi connectivity index (χ2n) is 4.27. The number of aromatic nitrogens is 2. The molecule has 3 aromatic rings. The fourth-order valence-electron chi connectivity index (χ4n) is 2.00. The molecule has 0 amide bonds. The first-order valence-corrected chi connectivity index (χ1v) is 6.68. The van der Waals surface area contributed by atoms with Gasteiger partial charge in [-0.1, -0.05) is 29.3 Å². The molecule has 0 bridgehead atoms. The van der Waals surface area contributed by atoms with Gasteiger partial charge in [0.15, 0.2) is 5.82 Å². The second kappa shape index (κ2) is 5.27. The van der Waals surface area contributed by atoms with Crippen LogP contribution in [0.15, 0.2) is 42.5 Å². The van der Waals surface area contributed by atoms with Gasteiger partial charge in [-0.15, -0.1) is 0 Å².